The van der Waals surface area contributed by atoms with E-state index in [9.17, 15) is 40.2 Å². The number of hydrogen-bond donors (Lipinski definition) is 6. The monoisotopic (exact) mass is 488 g/mol. The van der Waals surface area contributed by atoms with Crippen LogP contribution >= 0.6 is 0 Å². The van der Waals surface area contributed by atoms with Crippen molar-refractivity contribution in [2.75, 3.05) is 13.2 Å². The molecule has 2 saturated heterocycles. The van der Waals surface area contributed by atoms with Crippen molar-refractivity contribution in [2.24, 2.45) is 0 Å². The lowest BCUT2D eigenvalue weighted by atomic mass is 9.99. The molecule has 0 bridgehead atoms. The Morgan fingerprint density at radius 3 is 2.35 bits per heavy atom. The zero-order chi connectivity index (χ0) is 25.0. The lowest BCUT2D eigenvalue weighted by Crippen LogP contribution is -2.61. The molecule has 0 radical (unpaired) electrons. The molecule has 1 aromatic rings. The summed E-state index contributed by atoms with van der Waals surface area (Å²) in [6, 6.07) is 5.83. The van der Waals surface area contributed by atoms with Gasteiger partial charge < -0.3 is 54.3 Å². The first-order chi connectivity index (χ1) is 16.1. The molecule has 0 amide bonds. The molecule has 13 heteroatoms. The minimum atomic E-state index is -1.75. The van der Waals surface area contributed by atoms with Gasteiger partial charge in [-0.05, 0) is 12.1 Å². The van der Waals surface area contributed by atoms with Crippen LogP contribution in [0.4, 0.5) is 0 Å². The Morgan fingerprint density at radius 2 is 1.68 bits per heavy atom. The molecule has 2 heterocycles. The summed E-state index contributed by atoms with van der Waals surface area (Å²) >= 11 is 0. The second kappa shape index (κ2) is 11.5. The summed E-state index contributed by atoms with van der Waals surface area (Å²) in [5.74, 6) is -1.57. The van der Waals surface area contributed by atoms with Crippen LogP contribution in [-0.2, 0) is 23.7 Å². The Kier molecular flexibility index (Phi) is 8.92. The van der Waals surface area contributed by atoms with E-state index < -0.39 is 80.5 Å². The molecule has 34 heavy (non-hydrogen) atoms. The van der Waals surface area contributed by atoms with E-state index in [1.807, 2.05) is 0 Å². The summed E-state index contributed by atoms with van der Waals surface area (Å²) in [7, 11) is 0. The maximum atomic E-state index is 12.5. The van der Waals surface area contributed by atoms with Gasteiger partial charge in [-0.2, -0.15) is 0 Å². The molecule has 0 saturated carbocycles. The Balaban J connectivity index is 1.64. The van der Waals surface area contributed by atoms with E-state index >= 15 is 0 Å². The second-order valence-corrected chi connectivity index (χ2v) is 7.92. The van der Waals surface area contributed by atoms with Crippen molar-refractivity contribution in [2.45, 2.75) is 68.7 Å². The molecule has 2 aliphatic heterocycles. The maximum absolute atomic E-state index is 12.5. The number of para-hydroxylation sites is 1. The number of benzene rings is 1. The van der Waals surface area contributed by atoms with Crippen LogP contribution in [0.2, 0.25) is 0 Å². The molecular formula is C21H28O13. The van der Waals surface area contributed by atoms with Crippen molar-refractivity contribution in [1.29, 1.82) is 0 Å². The predicted molar refractivity (Wildman–Crippen MR) is 108 cm³/mol. The third-order valence-corrected chi connectivity index (χ3v) is 5.41. The second-order valence-electron chi connectivity index (χ2n) is 7.92. The van der Waals surface area contributed by atoms with Crippen LogP contribution in [0, 0.1) is 0 Å². The summed E-state index contributed by atoms with van der Waals surface area (Å²) in [5.41, 5.74) is -0.0606. The highest BCUT2D eigenvalue weighted by Gasteiger charge is 2.47. The Hall–Kier alpha value is -2.20. The van der Waals surface area contributed by atoms with E-state index in [0.29, 0.717) is 0 Å². The molecule has 0 aliphatic carbocycles. The van der Waals surface area contributed by atoms with Crippen molar-refractivity contribution in [3.8, 4) is 5.75 Å². The van der Waals surface area contributed by atoms with Gasteiger partial charge in [0.25, 0.3) is 0 Å². The number of aliphatic hydroxyl groups excluding tert-OH is 6. The first-order valence-electron chi connectivity index (χ1n) is 10.5. The van der Waals surface area contributed by atoms with Crippen LogP contribution in [0.1, 0.15) is 23.7 Å². The van der Waals surface area contributed by atoms with Gasteiger partial charge in [-0.3, -0.25) is 4.79 Å². The lowest BCUT2D eigenvalue weighted by molar-refractivity contribution is -0.357. The summed E-state index contributed by atoms with van der Waals surface area (Å²) in [5, 5.41) is 59.7. The zero-order valence-electron chi connectivity index (χ0n) is 18.2. The standard InChI is InChI=1S/C21H28O13/c1-9(23)31-12-5-3-2-4-10(12)20(29)30-8-14-17(26)18(27)19(28)21(33-14)34-15-6-11(24)16(25)13(7-22)32-15/h2-5,11,13-19,21-22,24-28H,6-8H2,1H3/t11?,13?,14?,15-,16+,17-,18?,19-,21-/m1/s1. The maximum Gasteiger partial charge on any atom is 0.342 e. The fourth-order valence-electron chi connectivity index (χ4n) is 3.58. The number of carbonyl (C=O) groups is 2. The highest BCUT2D eigenvalue weighted by molar-refractivity contribution is 5.93. The smallest absolute Gasteiger partial charge is 0.342 e. The minimum Gasteiger partial charge on any atom is -0.459 e. The van der Waals surface area contributed by atoms with Gasteiger partial charge in [0.1, 0.15) is 54.5 Å². The molecule has 9 atom stereocenters. The molecule has 190 valence electrons. The highest BCUT2D eigenvalue weighted by Crippen LogP contribution is 2.28. The minimum absolute atomic E-state index is 0.0320. The quantitative estimate of drug-likeness (QED) is 0.173. The van der Waals surface area contributed by atoms with Crippen molar-refractivity contribution in [1.82, 2.24) is 0 Å². The normalized spacial score (nSPS) is 36.0. The van der Waals surface area contributed by atoms with E-state index in [1.54, 1.807) is 6.07 Å². The summed E-state index contributed by atoms with van der Waals surface area (Å²) in [6.45, 7) is -0.00918. The highest BCUT2D eigenvalue weighted by atomic mass is 16.8. The Morgan fingerprint density at radius 1 is 0.971 bits per heavy atom. The molecule has 13 nitrogen and oxygen atoms in total. The largest absolute Gasteiger partial charge is 0.459 e. The van der Waals surface area contributed by atoms with Gasteiger partial charge in [-0.15, -0.1) is 0 Å². The van der Waals surface area contributed by atoms with E-state index in [-0.39, 0.29) is 17.7 Å². The third kappa shape index (κ3) is 6.07. The van der Waals surface area contributed by atoms with Crippen molar-refractivity contribution < 1.29 is 63.9 Å². The Labute approximate surface area is 194 Å². The number of ether oxygens (including phenoxy) is 5. The lowest BCUT2D eigenvalue weighted by Gasteiger charge is -2.43. The predicted octanol–water partition coefficient (Wildman–Crippen LogP) is -2.58. The molecule has 2 aliphatic rings. The van der Waals surface area contributed by atoms with E-state index in [0.717, 1.165) is 0 Å². The van der Waals surface area contributed by atoms with Crippen LogP contribution in [-0.4, -0.2) is 111 Å². The summed E-state index contributed by atoms with van der Waals surface area (Å²) < 4.78 is 26.4. The van der Waals surface area contributed by atoms with Crippen LogP contribution in [0.15, 0.2) is 24.3 Å². The fraction of sp³-hybridized carbons (Fsp3) is 0.619. The van der Waals surface area contributed by atoms with Gasteiger partial charge in [0.2, 0.25) is 0 Å². The zero-order valence-corrected chi connectivity index (χ0v) is 18.2. The molecule has 2 fully saturated rings. The molecular weight excluding hydrogens is 460 g/mol. The number of carbonyl (C=O) groups excluding carboxylic acids is 2. The van der Waals surface area contributed by atoms with Crippen molar-refractivity contribution >= 4 is 11.9 Å². The van der Waals surface area contributed by atoms with Crippen molar-refractivity contribution in [3.05, 3.63) is 29.8 Å². The van der Waals surface area contributed by atoms with Gasteiger partial charge in [-0.1, -0.05) is 12.1 Å². The Bertz CT molecular complexity index is 848. The first kappa shape index (κ1) is 26.4. The van der Waals surface area contributed by atoms with Crippen LogP contribution in [0.25, 0.3) is 0 Å². The fourth-order valence-corrected chi connectivity index (χ4v) is 3.58. The first-order valence-corrected chi connectivity index (χ1v) is 10.5. The van der Waals surface area contributed by atoms with Gasteiger partial charge >= 0.3 is 11.9 Å². The van der Waals surface area contributed by atoms with Crippen LogP contribution in [0.3, 0.4) is 0 Å². The molecule has 1 aromatic carbocycles. The van der Waals surface area contributed by atoms with Crippen molar-refractivity contribution in [3.63, 3.8) is 0 Å². The molecule has 4 unspecified atom stereocenters. The van der Waals surface area contributed by atoms with Gasteiger partial charge in [0.05, 0.1) is 12.7 Å². The molecule has 6 N–H and O–H groups in total. The summed E-state index contributed by atoms with van der Waals surface area (Å²) in [6.07, 6.45) is -13.3. The number of rotatable bonds is 7. The SMILES string of the molecule is CC(=O)Oc1ccccc1C(=O)OCC1O[C@H](O[C@@H]2CC(O)[C@H](O)C(CO)O2)[C@H](O)C(O)[C@@H]1O. The van der Waals surface area contributed by atoms with Gasteiger partial charge in [0.15, 0.2) is 12.6 Å². The number of esters is 2. The average molecular weight is 488 g/mol. The molecule has 0 spiro atoms. The topological polar surface area (TPSA) is 202 Å². The molecule has 3 rings (SSSR count). The van der Waals surface area contributed by atoms with E-state index in [1.165, 1.54) is 25.1 Å². The van der Waals surface area contributed by atoms with Gasteiger partial charge in [-0.25, -0.2) is 4.79 Å². The summed E-state index contributed by atoms with van der Waals surface area (Å²) in [4.78, 5) is 23.7. The number of hydrogen-bond acceptors (Lipinski definition) is 13. The van der Waals surface area contributed by atoms with Crippen LogP contribution in [0.5, 0.6) is 5.75 Å². The third-order valence-electron chi connectivity index (χ3n) is 5.41. The average Bonchev–Trinajstić information content (AvgIpc) is 2.80. The van der Waals surface area contributed by atoms with E-state index in [2.05, 4.69) is 0 Å². The molecule has 0 aromatic heterocycles. The van der Waals surface area contributed by atoms with E-state index in [4.69, 9.17) is 23.7 Å². The van der Waals surface area contributed by atoms with Crippen LogP contribution < -0.4 is 4.74 Å². The van der Waals surface area contributed by atoms with Gasteiger partial charge in [0, 0.05) is 13.3 Å². The number of aliphatic hydroxyl groups is 6.